The largest absolute Gasteiger partial charge is 0.394 e. The maximum atomic E-state index is 12.4. The number of nitrogens with one attached hydrogen (secondary N) is 1. The fourth-order valence-electron chi connectivity index (χ4n) is 5.40. The quantitative estimate of drug-likeness (QED) is 0.0360. The third-order valence-electron chi connectivity index (χ3n) is 8.50. The summed E-state index contributed by atoms with van der Waals surface area (Å²) in [5.41, 5.74) is 0. The molecule has 0 spiro atoms. The molecule has 0 aliphatic heterocycles. The van der Waals surface area contributed by atoms with Crippen LogP contribution >= 0.6 is 0 Å². The number of amides is 1. The van der Waals surface area contributed by atoms with Gasteiger partial charge < -0.3 is 25.7 Å². The summed E-state index contributed by atoms with van der Waals surface area (Å²) in [4.78, 5) is 12.4. The monoisotopic (exact) mass is 648 g/mol. The smallest absolute Gasteiger partial charge is 0.249 e. The average molecular weight is 648 g/mol. The number of hydrogen-bond donors (Lipinski definition) is 5. The summed E-state index contributed by atoms with van der Waals surface area (Å²) in [6.45, 7) is 3.96. The maximum absolute atomic E-state index is 12.4. The van der Waals surface area contributed by atoms with E-state index in [0.717, 1.165) is 32.1 Å². The van der Waals surface area contributed by atoms with E-state index in [-0.39, 0.29) is 6.42 Å². The Labute approximate surface area is 283 Å². The van der Waals surface area contributed by atoms with E-state index in [0.29, 0.717) is 12.8 Å². The highest BCUT2D eigenvalue weighted by atomic mass is 16.3. The van der Waals surface area contributed by atoms with Gasteiger partial charge in [0.1, 0.15) is 12.2 Å². The number of aliphatic hydroxyl groups excluding tert-OH is 4. The Hall–Kier alpha value is -1.73. The third kappa shape index (κ3) is 28.5. The molecule has 0 saturated carbocycles. The molecule has 268 valence electrons. The minimum absolute atomic E-state index is 0.148. The summed E-state index contributed by atoms with van der Waals surface area (Å²) >= 11 is 0. The van der Waals surface area contributed by atoms with E-state index in [4.69, 9.17) is 0 Å². The van der Waals surface area contributed by atoms with E-state index in [9.17, 15) is 25.2 Å². The lowest BCUT2D eigenvalue weighted by Crippen LogP contribution is -2.52. The number of unbranched alkanes of at least 4 members (excludes halogenated alkanes) is 17. The summed E-state index contributed by atoms with van der Waals surface area (Å²) in [6.07, 6.45) is 40.1. The molecule has 0 aromatic rings. The molecule has 1 amide bonds. The van der Waals surface area contributed by atoms with Crippen molar-refractivity contribution in [3.05, 3.63) is 48.6 Å². The first-order valence-corrected chi connectivity index (χ1v) is 19.0. The van der Waals surface area contributed by atoms with Crippen LogP contribution < -0.4 is 5.32 Å². The molecular weight excluding hydrogens is 574 g/mol. The Morgan fingerprint density at radius 2 is 1.00 bits per heavy atom. The van der Waals surface area contributed by atoms with Gasteiger partial charge in [-0.15, -0.1) is 0 Å². The molecule has 6 heteroatoms. The van der Waals surface area contributed by atoms with Gasteiger partial charge in [-0.3, -0.25) is 4.79 Å². The molecular formula is C40H73NO5. The first-order chi connectivity index (χ1) is 22.5. The molecule has 46 heavy (non-hydrogen) atoms. The fourth-order valence-corrected chi connectivity index (χ4v) is 5.40. The van der Waals surface area contributed by atoms with Crippen LogP contribution in [-0.4, -0.2) is 57.3 Å². The number of allylic oxidation sites excluding steroid dienone is 7. The zero-order valence-corrected chi connectivity index (χ0v) is 29.8. The van der Waals surface area contributed by atoms with Gasteiger partial charge in [0.2, 0.25) is 5.91 Å². The number of carbonyl (C=O) groups excluding carboxylic acids is 1. The van der Waals surface area contributed by atoms with Gasteiger partial charge in [0.15, 0.2) is 0 Å². The lowest BCUT2D eigenvalue weighted by atomic mass is 10.0. The van der Waals surface area contributed by atoms with Gasteiger partial charge in [-0.25, -0.2) is 0 Å². The molecule has 0 aromatic carbocycles. The van der Waals surface area contributed by atoms with Crippen LogP contribution in [0.5, 0.6) is 0 Å². The van der Waals surface area contributed by atoms with E-state index in [1.165, 1.54) is 103 Å². The van der Waals surface area contributed by atoms with Crippen LogP contribution in [0.1, 0.15) is 168 Å². The van der Waals surface area contributed by atoms with E-state index in [1.807, 2.05) is 6.08 Å². The van der Waals surface area contributed by atoms with Gasteiger partial charge in [0, 0.05) is 6.42 Å². The summed E-state index contributed by atoms with van der Waals surface area (Å²) in [5.74, 6) is -0.668. The predicted molar refractivity (Wildman–Crippen MR) is 196 cm³/mol. The molecule has 0 aliphatic carbocycles. The SMILES string of the molecule is CCCCCCCC/C=C\C/C=C\CC(O)C(=O)NC(CO)C(O)C(O)CCC/C=C/CC/C=C/CCCCCCCCCCC. The van der Waals surface area contributed by atoms with Gasteiger partial charge >= 0.3 is 0 Å². The Morgan fingerprint density at radius 1 is 0.565 bits per heavy atom. The van der Waals surface area contributed by atoms with Crippen molar-refractivity contribution in [2.24, 2.45) is 0 Å². The molecule has 4 unspecified atom stereocenters. The standard InChI is InChI=1S/C40H73NO5/c1-3-5-7-9-11-13-15-17-18-19-20-21-22-24-25-27-29-31-33-37(43)39(45)36(35-42)41-40(46)38(44)34-32-30-28-26-23-16-14-12-10-8-6-4-2/h20-21,23,25-27,30,32,36-39,42-45H,3-19,22,24,28-29,31,33-35H2,1-2H3,(H,41,46)/b21-20+,26-23-,27-25+,32-30-. The van der Waals surface area contributed by atoms with E-state index in [2.05, 4.69) is 55.6 Å². The molecule has 5 N–H and O–H groups in total. The minimum atomic E-state index is -1.31. The van der Waals surface area contributed by atoms with Crippen molar-refractivity contribution in [3.8, 4) is 0 Å². The molecule has 0 bridgehead atoms. The molecule has 0 radical (unpaired) electrons. The predicted octanol–water partition coefficient (Wildman–Crippen LogP) is 9.17. The molecule has 0 aliphatic rings. The van der Waals surface area contributed by atoms with Crippen LogP contribution in [0.4, 0.5) is 0 Å². The Morgan fingerprint density at radius 3 is 1.52 bits per heavy atom. The summed E-state index contributed by atoms with van der Waals surface area (Å²) in [5, 5.41) is 43.3. The minimum Gasteiger partial charge on any atom is -0.394 e. The lowest BCUT2D eigenvalue weighted by molar-refractivity contribution is -0.132. The van der Waals surface area contributed by atoms with Crippen LogP contribution in [-0.2, 0) is 4.79 Å². The normalized spacial score (nSPS) is 15.0. The van der Waals surface area contributed by atoms with E-state index in [1.54, 1.807) is 6.08 Å². The average Bonchev–Trinajstić information content (AvgIpc) is 3.06. The second kappa shape index (κ2) is 34.6. The first kappa shape index (κ1) is 44.3. The fraction of sp³-hybridized carbons (Fsp3) is 0.775. The van der Waals surface area contributed by atoms with Crippen LogP contribution in [0, 0.1) is 0 Å². The molecule has 6 nitrogen and oxygen atoms in total. The van der Waals surface area contributed by atoms with Crippen LogP contribution in [0.3, 0.4) is 0 Å². The van der Waals surface area contributed by atoms with Gasteiger partial charge in [-0.05, 0) is 64.2 Å². The third-order valence-corrected chi connectivity index (χ3v) is 8.50. The Bertz CT molecular complexity index is 778. The summed E-state index contributed by atoms with van der Waals surface area (Å²) in [7, 11) is 0. The summed E-state index contributed by atoms with van der Waals surface area (Å²) < 4.78 is 0. The van der Waals surface area contributed by atoms with Crippen molar-refractivity contribution < 1.29 is 25.2 Å². The van der Waals surface area contributed by atoms with Crippen LogP contribution in [0.25, 0.3) is 0 Å². The topological polar surface area (TPSA) is 110 Å². The lowest BCUT2D eigenvalue weighted by Gasteiger charge is -2.27. The van der Waals surface area contributed by atoms with Crippen LogP contribution in [0.15, 0.2) is 48.6 Å². The summed E-state index contributed by atoms with van der Waals surface area (Å²) in [6, 6.07) is -1.04. The highest BCUT2D eigenvalue weighted by Crippen LogP contribution is 2.12. The van der Waals surface area contributed by atoms with Crippen molar-refractivity contribution in [3.63, 3.8) is 0 Å². The van der Waals surface area contributed by atoms with Gasteiger partial charge in [-0.2, -0.15) is 0 Å². The number of hydrogen-bond acceptors (Lipinski definition) is 5. The first-order valence-electron chi connectivity index (χ1n) is 19.0. The maximum Gasteiger partial charge on any atom is 0.249 e. The zero-order chi connectivity index (χ0) is 33.9. The van der Waals surface area contributed by atoms with Gasteiger partial charge in [0.25, 0.3) is 0 Å². The molecule has 0 heterocycles. The van der Waals surface area contributed by atoms with Crippen molar-refractivity contribution >= 4 is 5.91 Å². The molecule has 0 saturated heterocycles. The molecule has 0 aromatic heterocycles. The Kier molecular flexibility index (Phi) is 33.3. The van der Waals surface area contributed by atoms with Gasteiger partial charge in [0.05, 0.1) is 18.8 Å². The Balaban J connectivity index is 3.97. The van der Waals surface area contributed by atoms with Crippen LogP contribution in [0.2, 0.25) is 0 Å². The second-order valence-electron chi connectivity index (χ2n) is 12.9. The molecule has 0 fully saturated rings. The second-order valence-corrected chi connectivity index (χ2v) is 12.9. The number of rotatable bonds is 33. The highest BCUT2D eigenvalue weighted by Gasteiger charge is 2.28. The van der Waals surface area contributed by atoms with Gasteiger partial charge in [-0.1, -0.05) is 146 Å². The van der Waals surface area contributed by atoms with Crippen molar-refractivity contribution in [2.45, 2.75) is 192 Å². The molecule has 4 atom stereocenters. The zero-order valence-electron chi connectivity index (χ0n) is 29.8. The van der Waals surface area contributed by atoms with Crippen molar-refractivity contribution in [1.82, 2.24) is 5.32 Å². The van der Waals surface area contributed by atoms with Crippen molar-refractivity contribution in [2.75, 3.05) is 6.61 Å². The number of aliphatic hydroxyl groups is 4. The van der Waals surface area contributed by atoms with E-state index >= 15 is 0 Å². The van der Waals surface area contributed by atoms with Crippen molar-refractivity contribution in [1.29, 1.82) is 0 Å². The number of carbonyl (C=O) groups is 1. The van der Waals surface area contributed by atoms with E-state index < -0.39 is 36.9 Å². The molecule has 0 rings (SSSR count). The highest BCUT2D eigenvalue weighted by molar-refractivity contribution is 5.81.